The lowest BCUT2D eigenvalue weighted by molar-refractivity contribution is -0.384. The largest absolute Gasteiger partial charge is 0.514 e. The first-order valence-electron chi connectivity index (χ1n) is 20.9. The smallest absolute Gasteiger partial charge is 0.460 e. The van der Waals surface area contributed by atoms with Crippen molar-refractivity contribution in [2.24, 2.45) is 5.73 Å². The summed E-state index contributed by atoms with van der Waals surface area (Å²) in [7, 11) is 0. The summed E-state index contributed by atoms with van der Waals surface area (Å²) in [5.41, 5.74) is 9.04. The fourth-order valence-corrected chi connectivity index (χ4v) is 6.85. The molecule has 66 heavy (non-hydrogen) atoms. The molecule has 0 saturated heterocycles. The number of nitrogens with two attached hydrogens (primary N) is 1. The van der Waals surface area contributed by atoms with Crippen LogP contribution >= 0.6 is 0 Å². The summed E-state index contributed by atoms with van der Waals surface area (Å²) in [6, 6.07) is 23.3. The van der Waals surface area contributed by atoms with Crippen LogP contribution in [0.2, 0.25) is 0 Å². The molecule has 0 aromatic heterocycles. The minimum atomic E-state index is -1.32. The number of alkyl carbamates (subject to hydrolysis) is 1. The lowest BCUT2D eigenvalue weighted by Gasteiger charge is -2.22. The van der Waals surface area contributed by atoms with E-state index in [1.165, 1.54) is 36.4 Å². The highest BCUT2D eigenvalue weighted by atomic mass is 16.7. The van der Waals surface area contributed by atoms with Crippen molar-refractivity contribution in [3.63, 3.8) is 0 Å². The fraction of sp³-hybridized carbons (Fsp3) is 0.326. The third-order valence-electron chi connectivity index (χ3n) is 9.88. The number of nitro benzene ring substituents is 1. The van der Waals surface area contributed by atoms with Crippen LogP contribution in [0, 0.1) is 10.1 Å². The molecule has 20 heteroatoms. The number of rotatable bonds is 20. The molecule has 1 aliphatic rings. The van der Waals surface area contributed by atoms with E-state index in [2.05, 4.69) is 26.6 Å². The molecule has 7 N–H and O–H groups in total. The second-order valence-corrected chi connectivity index (χ2v) is 16.0. The summed E-state index contributed by atoms with van der Waals surface area (Å²) in [6.45, 7) is 4.29. The molecular formula is C46H51N7O13. The molecule has 0 bridgehead atoms. The van der Waals surface area contributed by atoms with Crippen LogP contribution in [-0.2, 0) is 40.0 Å². The number of benzene rings is 4. The average Bonchev–Trinajstić information content (AvgIpc) is 3.59. The van der Waals surface area contributed by atoms with Crippen LogP contribution in [0.1, 0.15) is 69.1 Å². The van der Waals surface area contributed by atoms with Crippen molar-refractivity contribution in [3.05, 3.63) is 124 Å². The number of nitrogens with one attached hydrogen (secondary N) is 5. The van der Waals surface area contributed by atoms with E-state index in [-0.39, 0.29) is 62.8 Å². The molecule has 2 atom stereocenters. The third-order valence-corrected chi connectivity index (χ3v) is 9.88. The minimum absolute atomic E-state index is 0.0378. The molecule has 4 aromatic carbocycles. The number of carbonyl (C=O) groups is 7. The number of urea groups is 1. The first-order chi connectivity index (χ1) is 31.4. The number of anilines is 1. The van der Waals surface area contributed by atoms with E-state index >= 15 is 0 Å². The molecule has 0 radical (unpaired) electrons. The van der Waals surface area contributed by atoms with Gasteiger partial charge in [-0.05, 0) is 92.1 Å². The van der Waals surface area contributed by atoms with Gasteiger partial charge in [-0.15, -0.1) is 0 Å². The molecule has 0 spiro atoms. The first-order valence-corrected chi connectivity index (χ1v) is 20.9. The van der Waals surface area contributed by atoms with Crippen molar-refractivity contribution in [2.75, 3.05) is 25.0 Å². The van der Waals surface area contributed by atoms with E-state index in [0.29, 0.717) is 11.3 Å². The highest BCUT2D eigenvalue weighted by Crippen LogP contribution is 2.44. The Balaban J connectivity index is 1.16. The zero-order chi connectivity index (χ0) is 47.8. The summed E-state index contributed by atoms with van der Waals surface area (Å²) in [6.07, 6.45) is -2.16. The molecule has 6 amide bonds. The van der Waals surface area contributed by atoms with Crippen LogP contribution in [0.4, 0.5) is 25.8 Å². The standard InChI is InChI=1S/C46H51N7O13/c1-46(2,3)66-40(55)23-22-38(52-44(59)63-27-36-34-11-6-4-9-32(34)33-10-5-7-12-35(33)36)41(56)49-25-39(54)51-37(13-8-24-48-43(47)58)42(57)50-29-16-14-28(15-17-29)26-64-45(60)65-31-20-18-30(19-21-31)53(61)62/h4-7,9-12,14-21,36-38H,8,13,22-27H2,1-3H3,(H,49,56)(H,50,57)(H,51,54)(H,52,59)(H3,47,48,58)/t37-,38-/m0/s1. The number of nitrogens with zero attached hydrogens (tertiary/aromatic N) is 1. The monoisotopic (exact) mass is 909 g/mol. The van der Waals surface area contributed by atoms with Crippen LogP contribution in [0.15, 0.2) is 97.1 Å². The lowest BCUT2D eigenvalue weighted by Crippen LogP contribution is -2.51. The summed E-state index contributed by atoms with van der Waals surface area (Å²) in [4.78, 5) is 99.7. The average molecular weight is 910 g/mol. The summed E-state index contributed by atoms with van der Waals surface area (Å²) < 4.78 is 21.1. The number of fused-ring (bicyclic) bond motifs is 3. The zero-order valence-corrected chi connectivity index (χ0v) is 36.5. The molecule has 0 saturated carbocycles. The summed E-state index contributed by atoms with van der Waals surface area (Å²) in [5.74, 6) is -3.05. The number of amides is 6. The number of ether oxygens (including phenoxy) is 4. The molecule has 0 heterocycles. The molecule has 0 aliphatic heterocycles. The van der Waals surface area contributed by atoms with Gasteiger partial charge in [0.25, 0.3) is 5.69 Å². The van der Waals surface area contributed by atoms with Gasteiger partial charge in [-0.25, -0.2) is 14.4 Å². The Morgan fingerprint density at radius 2 is 1.38 bits per heavy atom. The molecule has 348 valence electrons. The van der Waals surface area contributed by atoms with Gasteiger partial charge in [0.1, 0.15) is 36.6 Å². The van der Waals surface area contributed by atoms with Gasteiger partial charge in [0.2, 0.25) is 17.7 Å². The van der Waals surface area contributed by atoms with Crippen LogP contribution < -0.4 is 37.1 Å². The van der Waals surface area contributed by atoms with Crippen LogP contribution in [0.5, 0.6) is 5.75 Å². The number of hydrogen-bond donors (Lipinski definition) is 6. The van der Waals surface area contributed by atoms with Gasteiger partial charge in [0.15, 0.2) is 0 Å². The number of primary amides is 1. The molecule has 4 aromatic rings. The minimum Gasteiger partial charge on any atom is -0.460 e. The van der Waals surface area contributed by atoms with Gasteiger partial charge >= 0.3 is 24.2 Å². The van der Waals surface area contributed by atoms with Crippen LogP contribution in [0.25, 0.3) is 11.1 Å². The Labute approximate surface area is 379 Å². The van der Waals surface area contributed by atoms with Gasteiger partial charge in [0.05, 0.1) is 11.5 Å². The summed E-state index contributed by atoms with van der Waals surface area (Å²) >= 11 is 0. The normalized spacial score (nSPS) is 12.5. The molecule has 20 nitrogen and oxygen atoms in total. The summed E-state index contributed by atoms with van der Waals surface area (Å²) in [5, 5.41) is 23.5. The van der Waals surface area contributed by atoms with Crippen molar-refractivity contribution >= 4 is 53.3 Å². The maximum atomic E-state index is 13.5. The van der Waals surface area contributed by atoms with Gasteiger partial charge in [-0.3, -0.25) is 29.3 Å². The van der Waals surface area contributed by atoms with Crippen molar-refractivity contribution in [1.82, 2.24) is 21.3 Å². The fourth-order valence-electron chi connectivity index (χ4n) is 6.85. The van der Waals surface area contributed by atoms with E-state index in [4.69, 9.17) is 24.7 Å². The SMILES string of the molecule is CC(C)(C)OC(=O)CC[C@H](NC(=O)OCC1c2ccccc2-c2ccccc21)C(=O)NCC(=O)N[C@@H](CCCNC(N)=O)C(=O)Nc1ccc(COC(=O)Oc2ccc([N+](=O)[O-])cc2)cc1. The molecular weight excluding hydrogens is 859 g/mol. The predicted octanol–water partition coefficient (Wildman–Crippen LogP) is 5.33. The van der Waals surface area contributed by atoms with Crippen molar-refractivity contribution < 1.29 is 57.4 Å². The van der Waals surface area contributed by atoms with Crippen LogP contribution in [0.3, 0.4) is 0 Å². The van der Waals surface area contributed by atoms with Crippen molar-refractivity contribution in [1.29, 1.82) is 0 Å². The Morgan fingerprint density at radius 1 is 0.758 bits per heavy atom. The maximum absolute atomic E-state index is 13.5. The molecule has 0 unspecified atom stereocenters. The van der Waals surface area contributed by atoms with Gasteiger partial charge in [-0.1, -0.05) is 60.7 Å². The van der Waals surface area contributed by atoms with Crippen LogP contribution in [-0.4, -0.2) is 84.3 Å². The number of carbonyl (C=O) groups excluding carboxylic acids is 7. The van der Waals surface area contributed by atoms with Gasteiger partial charge in [-0.2, -0.15) is 0 Å². The van der Waals surface area contributed by atoms with E-state index < -0.39 is 71.1 Å². The van der Waals surface area contributed by atoms with E-state index in [1.807, 2.05) is 48.5 Å². The van der Waals surface area contributed by atoms with Gasteiger partial charge < -0.3 is 51.3 Å². The topological polar surface area (TPSA) is 286 Å². The van der Waals surface area contributed by atoms with Gasteiger partial charge in [0, 0.05) is 36.7 Å². The quantitative estimate of drug-likeness (QED) is 0.0164. The number of hydrogen-bond acceptors (Lipinski definition) is 13. The molecule has 5 rings (SSSR count). The second-order valence-electron chi connectivity index (χ2n) is 16.0. The highest BCUT2D eigenvalue weighted by molar-refractivity contribution is 5.98. The number of esters is 1. The van der Waals surface area contributed by atoms with Crippen molar-refractivity contribution in [3.8, 4) is 16.9 Å². The predicted molar refractivity (Wildman–Crippen MR) is 238 cm³/mol. The van der Waals surface area contributed by atoms with E-state index in [9.17, 15) is 43.7 Å². The van der Waals surface area contributed by atoms with Crippen molar-refractivity contribution in [2.45, 2.75) is 76.7 Å². The van der Waals surface area contributed by atoms with E-state index in [1.54, 1.807) is 32.9 Å². The number of nitro groups is 1. The lowest BCUT2D eigenvalue weighted by atomic mass is 9.98. The maximum Gasteiger partial charge on any atom is 0.514 e. The highest BCUT2D eigenvalue weighted by Gasteiger charge is 2.31. The zero-order valence-electron chi connectivity index (χ0n) is 36.5. The first kappa shape index (κ1) is 49.0. The Morgan fingerprint density at radius 3 is 1.98 bits per heavy atom. The molecule has 1 aliphatic carbocycles. The Bertz CT molecular complexity index is 2360. The number of non-ortho nitro benzene ring substituents is 1. The Kier molecular flexibility index (Phi) is 17.1. The van der Waals surface area contributed by atoms with E-state index in [0.717, 1.165) is 22.3 Å². The second kappa shape index (κ2) is 23.1. The molecule has 0 fully saturated rings. The third kappa shape index (κ3) is 15.1. The Hall–Kier alpha value is -8.03.